The minimum atomic E-state index is 0.475. The molecule has 0 atom stereocenters. The van der Waals surface area contributed by atoms with Crippen molar-refractivity contribution in [1.29, 1.82) is 0 Å². The third-order valence-electron chi connectivity index (χ3n) is 1.87. The number of hydrogen-bond donors (Lipinski definition) is 0. The standard InChI is InChI=1S/C9H6ClN5/c10-7-1-2-9(8(5-7)13-14-11)15-4-3-12-6-15/h1-6H. The zero-order valence-electron chi connectivity index (χ0n) is 7.58. The van der Waals surface area contributed by atoms with Gasteiger partial charge in [0, 0.05) is 22.3 Å². The molecule has 0 saturated heterocycles. The summed E-state index contributed by atoms with van der Waals surface area (Å²) in [5.41, 5.74) is 9.64. The zero-order chi connectivity index (χ0) is 10.7. The molecule has 0 aliphatic heterocycles. The lowest BCUT2D eigenvalue weighted by Crippen LogP contribution is -1.89. The van der Waals surface area contributed by atoms with Crippen molar-refractivity contribution in [2.75, 3.05) is 0 Å². The van der Waals surface area contributed by atoms with Crippen LogP contribution in [0.25, 0.3) is 16.1 Å². The smallest absolute Gasteiger partial charge is 0.0991 e. The zero-order valence-corrected chi connectivity index (χ0v) is 8.33. The van der Waals surface area contributed by atoms with Crippen LogP contribution in [0.4, 0.5) is 5.69 Å². The number of aromatic nitrogens is 2. The van der Waals surface area contributed by atoms with Crippen LogP contribution in [0.5, 0.6) is 0 Å². The maximum atomic E-state index is 8.42. The summed E-state index contributed by atoms with van der Waals surface area (Å²) >= 11 is 5.81. The lowest BCUT2D eigenvalue weighted by Gasteiger charge is -2.05. The second-order valence-electron chi connectivity index (χ2n) is 2.79. The van der Waals surface area contributed by atoms with Crippen molar-refractivity contribution in [1.82, 2.24) is 9.55 Å². The van der Waals surface area contributed by atoms with E-state index in [0.29, 0.717) is 10.7 Å². The van der Waals surface area contributed by atoms with Gasteiger partial charge in [-0.05, 0) is 23.7 Å². The molecule has 0 bridgehead atoms. The summed E-state index contributed by atoms with van der Waals surface area (Å²) in [5, 5.41) is 4.10. The van der Waals surface area contributed by atoms with Gasteiger partial charge < -0.3 is 4.57 Å². The van der Waals surface area contributed by atoms with E-state index in [9.17, 15) is 0 Å². The Balaban J connectivity index is 2.60. The van der Waals surface area contributed by atoms with Gasteiger partial charge in [0.25, 0.3) is 0 Å². The number of imidazole rings is 1. The van der Waals surface area contributed by atoms with Gasteiger partial charge in [-0.2, -0.15) is 0 Å². The summed E-state index contributed by atoms with van der Waals surface area (Å²) < 4.78 is 1.75. The minimum absolute atomic E-state index is 0.475. The van der Waals surface area contributed by atoms with E-state index < -0.39 is 0 Å². The third kappa shape index (κ3) is 1.93. The molecule has 0 radical (unpaired) electrons. The van der Waals surface area contributed by atoms with E-state index >= 15 is 0 Å². The molecule has 0 aliphatic rings. The maximum Gasteiger partial charge on any atom is 0.0991 e. The summed E-state index contributed by atoms with van der Waals surface area (Å²) in [6.45, 7) is 0. The van der Waals surface area contributed by atoms with Crippen LogP contribution in [0.1, 0.15) is 0 Å². The summed E-state index contributed by atoms with van der Waals surface area (Å²) in [6.07, 6.45) is 5.04. The summed E-state index contributed by atoms with van der Waals surface area (Å²) in [6, 6.07) is 5.11. The van der Waals surface area contributed by atoms with Crippen molar-refractivity contribution in [2.45, 2.75) is 0 Å². The van der Waals surface area contributed by atoms with Crippen LogP contribution in [0, 0.1) is 0 Å². The SMILES string of the molecule is [N-]=[N+]=Nc1cc(Cl)ccc1-n1ccnc1. The van der Waals surface area contributed by atoms with Gasteiger partial charge in [0.2, 0.25) is 0 Å². The molecule has 0 fully saturated rings. The first-order valence-corrected chi connectivity index (χ1v) is 4.52. The summed E-state index contributed by atoms with van der Waals surface area (Å²) in [7, 11) is 0. The molecule has 0 amide bonds. The first-order valence-electron chi connectivity index (χ1n) is 4.14. The quantitative estimate of drug-likeness (QED) is 0.433. The molecular weight excluding hydrogens is 214 g/mol. The van der Waals surface area contributed by atoms with E-state index in [1.807, 2.05) is 0 Å². The van der Waals surface area contributed by atoms with Gasteiger partial charge >= 0.3 is 0 Å². The normalized spacial score (nSPS) is 9.67. The minimum Gasteiger partial charge on any atom is -0.306 e. The number of nitrogens with zero attached hydrogens (tertiary/aromatic N) is 5. The van der Waals surface area contributed by atoms with Crippen molar-refractivity contribution < 1.29 is 0 Å². The van der Waals surface area contributed by atoms with Gasteiger partial charge in [-0.25, -0.2) is 4.98 Å². The van der Waals surface area contributed by atoms with E-state index in [2.05, 4.69) is 15.0 Å². The predicted molar refractivity (Wildman–Crippen MR) is 57.4 cm³/mol. The molecule has 0 spiro atoms. The van der Waals surface area contributed by atoms with E-state index in [0.717, 1.165) is 5.69 Å². The molecule has 0 unspecified atom stereocenters. The van der Waals surface area contributed by atoms with Crippen LogP contribution < -0.4 is 0 Å². The Bertz CT molecular complexity index is 513. The van der Waals surface area contributed by atoms with E-state index in [4.69, 9.17) is 17.1 Å². The molecule has 1 aromatic carbocycles. The molecule has 5 nitrogen and oxygen atoms in total. The largest absolute Gasteiger partial charge is 0.306 e. The fourth-order valence-electron chi connectivity index (χ4n) is 1.24. The number of hydrogen-bond acceptors (Lipinski definition) is 2. The molecule has 1 heterocycles. The van der Waals surface area contributed by atoms with Gasteiger partial charge in [0.1, 0.15) is 0 Å². The lowest BCUT2D eigenvalue weighted by molar-refractivity contribution is 1.05. The van der Waals surface area contributed by atoms with Crippen LogP contribution >= 0.6 is 11.6 Å². The van der Waals surface area contributed by atoms with Crippen molar-refractivity contribution in [3.8, 4) is 5.69 Å². The highest BCUT2D eigenvalue weighted by Crippen LogP contribution is 2.26. The predicted octanol–water partition coefficient (Wildman–Crippen LogP) is 3.47. The number of azide groups is 1. The van der Waals surface area contributed by atoms with Crippen molar-refractivity contribution in [3.63, 3.8) is 0 Å². The topological polar surface area (TPSA) is 66.6 Å². The highest BCUT2D eigenvalue weighted by molar-refractivity contribution is 6.30. The number of benzene rings is 1. The Kier molecular flexibility index (Phi) is 2.58. The Morgan fingerprint density at radius 2 is 2.33 bits per heavy atom. The van der Waals surface area contributed by atoms with Gasteiger partial charge in [-0.1, -0.05) is 16.7 Å². The molecule has 6 heteroatoms. The Morgan fingerprint density at radius 1 is 1.47 bits per heavy atom. The van der Waals surface area contributed by atoms with Gasteiger partial charge in [-0.15, -0.1) is 0 Å². The monoisotopic (exact) mass is 219 g/mol. The number of rotatable bonds is 2. The Morgan fingerprint density at radius 3 is 3.00 bits per heavy atom. The van der Waals surface area contributed by atoms with E-state index in [-0.39, 0.29) is 0 Å². The van der Waals surface area contributed by atoms with Crippen LogP contribution in [-0.2, 0) is 0 Å². The first kappa shape index (κ1) is 9.58. The van der Waals surface area contributed by atoms with Crippen molar-refractivity contribution in [3.05, 3.63) is 52.4 Å². The highest BCUT2D eigenvalue weighted by Gasteiger charge is 2.02. The number of halogens is 1. The van der Waals surface area contributed by atoms with Crippen LogP contribution in [0.15, 0.2) is 42.0 Å². The molecule has 2 rings (SSSR count). The Hall–Kier alpha value is -1.97. The molecular formula is C9H6ClN5. The molecule has 1 aromatic heterocycles. The lowest BCUT2D eigenvalue weighted by atomic mass is 10.2. The molecule has 0 N–H and O–H groups in total. The van der Waals surface area contributed by atoms with Gasteiger partial charge in [-0.3, -0.25) is 0 Å². The van der Waals surface area contributed by atoms with Crippen LogP contribution in [0.3, 0.4) is 0 Å². The molecule has 2 aromatic rings. The average Bonchev–Trinajstić information content (AvgIpc) is 2.71. The molecule has 15 heavy (non-hydrogen) atoms. The molecule has 0 aliphatic carbocycles. The summed E-state index contributed by atoms with van der Waals surface area (Å²) in [4.78, 5) is 6.67. The highest BCUT2D eigenvalue weighted by atomic mass is 35.5. The van der Waals surface area contributed by atoms with Crippen LogP contribution in [-0.4, -0.2) is 9.55 Å². The van der Waals surface area contributed by atoms with Crippen molar-refractivity contribution in [2.24, 2.45) is 5.11 Å². The second-order valence-corrected chi connectivity index (χ2v) is 3.23. The second kappa shape index (κ2) is 4.04. The van der Waals surface area contributed by atoms with E-state index in [1.54, 1.807) is 41.5 Å². The van der Waals surface area contributed by atoms with Gasteiger partial charge in [0.15, 0.2) is 0 Å². The van der Waals surface area contributed by atoms with Crippen molar-refractivity contribution >= 4 is 17.3 Å². The molecule has 0 saturated carbocycles. The molecule has 74 valence electrons. The fourth-order valence-corrected chi connectivity index (χ4v) is 1.41. The maximum absolute atomic E-state index is 8.42. The third-order valence-corrected chi connectivity index (χ3v) is 2.11. The first-order chi connectivity index (χ1) is 7.31. The Labute approximate surface area is 90.6 Å². The van der Waals surface area contributed by atoms with E-state index in [1.165, 1.54) is 0 Å². The average molecular weight is 220 g/mol. The van der Waals surface area contributed by atoms with Gasteiger partial charge in [0.05, 0.1) is 17.7 Å². The fraction of sp³-hybridized carbons (Fsp3) is 0. The van der Waals surface area contributed by atoms with Crippen LogP contribution in [0.2, 0.25) is 5.02 Å². The summed E-state index contributed by atoms with van der Waals surface area (Å²) in [5.74, 6) is 0.